The zero-order chi connectivity index (χ0) is 26.1. The molecule has 4 aromatic rings. The summed E-state index contributed by atoms with van der Waals surface area (Å²) in [5, 5.41) is 18.3. The number of hydrogen-bond acceptors (Lipinski definition) is 5. The number of amides is 2. The molecular weight excluding hydrogens is 466 g/mol. The van der Waals surface area contributed by atoms with E-state index >= 15 is 0 Å². The number of hydrogen-bond donors (Lipinski definition) is 3. The largest absolute Gasteiger partial charge is 0.484 e. The highest BCUT2D eigenvalue weighted by molar-refractivity contribution is 5.93. The van der Waals surface area contributed by atoms with E-state index in [0.29, 0.717) is 22.4 Å². The van der Waals surface area contributed by atoms with Crippen molar-refractivity contribution >= 4 is 23.7 Å². The Bertz CT molecular complexity index is 1330. The SMILES string of the molecule is Cc1ccccc1NC(=O)COc1ccc(/C=N\NC(=O)C(O)(c2ccccc2)c2ccccc2)cc1. The van der Waals surface area contributed by atoms with Crippen LogP contribution in [0.15, 0.2) is 114 Å². The Morgan fingerprint density at radius 3 is 2.00 bits per heavy atom. The fourth-order valence-corrected chi connectivity index (χ4v) is 3.73. The van der Waals surface area contributed by atoms with Gasteiger partial charge in [0.1, 0.15) is 5.75 Å². The van der Waals surface area contributed by atoms with E-state index in [-0.39, 0.29) is 12.5 Å². The van der Waals surface area contributed by atoms with Gasteiger partial charge >= 0.3 is 0 Å². The number of anilines is 1. The summed E-state index contributed by atoms with van der Waals surface area (Å²) in [6.45, 7) is 1.79. The highest BCUT2D eigenvalue weighted by atomic mass is 16.5. The van der Waals surface area contributed by atoms with Crippen LogP contribution in [0.25, 0.3) is 0 Å². The second kappa shape index (κ2) is 11.8. The molecule has 0 aliphatic rings. The lowest BCUT2D eigenvalue weighted by Gasteiger charge is -2.27. The summed E-state index contributed by atoms with van der Waals surface area (Å²) in [7, 11) is 0. The van der Waals surface area contributed by atoms with Crippen molar-refractivity contribution in [2.75, 3.05) is 11.9 Å². The minimum atomic E-state index is -1.91. The van der Waals surface area contributed by atoms with Gasteiger partial charge in [0.05, 0.1) is 6.21 Å². The van der Waals surface area contributed by atoms with E-state index in [4.69, 9.17) is 4.74 Å². The van der Waals surface area contributed by atoms with Crippen LogP contribution in [0.3, 0.4) is 0 Å². The first-order valence-electron chi connectivity index (χ1n) is 11.7. The minimum Gasteiger partial charge on any atom is -0.484 e. The number of aliphatic hydroxyl groups is 1. The molecule has 4 aromatic carbocycles. The van der Waals surface area contributed by atoms with Gasteiger partial charge in [-0.2, -0.15) is 5.10 Å². The van der Waals surface area contributed by atoms with Gasteiger partial charge < -0.3 is 15.2 Å². The van der Waals surface area contributed by atoms with Crippen molar-refractivity contribution in [3.05, 3.63) is 131 Å². The van der Waals surface area contributed by atoms with E-state index in [1.54, 1.807) is 72.8 Å². The number of nitrogens with one attached hydrogen (secondary N) is 2. The van der Waals surface area contributed by atoms with Crippen LogP contribution in [0.2, 0.25) is 0 Å². The normalized spacial score (nSPS) is 11.2. The minimum absolute atomic E-state index is 0.130. The maximum Gasteiger partial charge on any atom is 0.281 e. The van der Waals surface area contributed by atoms with Gasteiger partial charge in [0.2, 0.25) is 0 Å². The van der Waals surface area contributed by atoms with Gasteiger partial charge in [-0.25, -0.2) is 5.43 Å². The highest BCUT2D eigenvalue weighted by Gasteiger charge is 2.39. The quantitative estimate of drug-likeness (QED) is 0.238. The average Bonchev–Trinajstić information content (AvgIpc) is 2.94. The molecule has 4 rings (SSSR count). The van der Waals surface area contributed by atoms with Gasteiger partial charge in [0.25, 0.3) is 11.8 Å². The number of carbonyl (C=O) groups is 2. The van der Waals surface area contributed by atoms with Crippen molar-refractivity contribution in [3.8, 4) is 5.75 Å². The third-order valence-electron chi connectivity index (χ3n) is 5.76. The van der Waals surface area contributed by atoms with Gasteiger partial charge in [-0.3, -0.25) is 9.59 Å². The molecule has 0 atom stereocenters. The van der Waals surface area contributed by atoms with Crippen LogP contribution in [0.4, 0.5) is 5.69 Å². The zero-order valence-corrected chi connectivity index (χ0v) is 20.3. The van der Waals surface area contributed by atoms with E-state index in [1.165, 1.54) is 6.21 Å². The number of hydrazone groups is 1. The number of para-hydroxylation sites is 1. The predicted octanol–water partition coefficient (Wildman–Crippen LogP) is 4.40. The number of aryl methyl sites for hydroxylation is 1. The van der Waals surface area contributed by atoms with Crippen LogP contribution in [0.5, 0.6) is 5.75 Å². The molecule has 0 bridgehead atoms. The molecule has 0 heterocycles. The molecule has 0 aromatic heterocycles. The van der Waals surface area contributed by atoms with Crippen molar-refractivity contribution in [1.82, 2.24) is 5.43 Å². The molecule has 0 saturated heterocycles. The Balaban J connectivity index is 1.36. The van der Waals surface area contributed by atoms with E-state index in [9.17, 15) is 14.7 Å². The molecule has 7 heteroatoms. The monoisotopic (exact) mass is 493 g/mol. The molecule has 0 aliphatic heterocycles. The Morgan fingerprint density at radius 1 is 0.838 bits per heavy atom. The van der Waals surface area contributed by atoms with Crippen molar-refractivity contribution in [1.29, 1.82) is 0 Å². The van der Waals surface area contributed by atoms with Crippen LogP contribution in [-0.2, 0) is 15.2 Å². The molecule has 7 nitrogen and oxygen atoms in total. The fourth-order valence-electron chi connectivity index (χ4n) is 3.73. The first-order chi connectivity index (χ1) is 18.0. The van der Waals surface area contributed by atoms with E-state index in [1.807, 2.05) is 43.3 Å². The maximum atomic E-state index is 13.1. The molecule has 0 saturated carbocycles. The second-order valence-electron chi connectivity index (χ2n) is 8.36. The molecule has 0 radical (unpaired) electrons. The number of ether oxygens (including phenoxy) is 1. The number of carbonyl (C=O) groups excluding carboxylic acids is 2. The summed E-state index contributed by atoms with van der Waals surface area (Å²) in [5.74, 6) is -0.420. The average molecular weight is 494 g/mol. The summed E-state index contributed by atoms with van der Waals surface area (Å²) < 4.78 is 5.56. The Kier molecular flexibility index (Phi) is 8.08. The van der Waals surface area contributed by atoms with Crippen LogP contribution in [-0.4, -0.2) is 29.7 Å². The van der Waals surface area contributed by atoms with E-state index < -0.39 is 11.5 Å². The van der Waals surface area contributed by atoms with Gasteiger partial charge in [-0.1, -0.05) is 78.9 Å². The summed E-state index contributed by atoms with van der Waals surface area (Å²) in [6.07, 6.45) is 1.46. The lowest BCUT2D eigenvalue weighted by Crippen LogP contribution is -2.43. The lowest BCUT2D eigenvalue weighted by atomic mass is 9.85. The van der Waals surface area contributed by atoms with Crippen LogP contribution >= 0.6 is 0 Å². The Labute approximate surface area is 215 Å². The Hall–Kier alpha value is -4.75. The molecule has 3 N–H and O–H groups in total. The predicted molar refractivity (Wildman–Crippen MR) is 143 cm³/mol. The fraction of sp³-hybridized carbons (Fsp3) is 0.100. The molecule has 0 fully saturated rings. The molecule has 186 valence electrons. The lowest BCUT2D eigenvalue weighted by molar-refractivity contribution is -0.136. The molecule has 37 heavy (non-hydrogen) atoms. The first-order valence-corrected chi connectivity index (χ1v) is 11.7. The second-order valence-corrected chi connectivity index (χ2v) is 8.36. The standard InChI is InChI=1S/C30H27N3O4/c1-22-10-8-9-15-27(22)32-28(34)21-37-26-18-16-23(17-19-26)20-31-33-29(35)30(36,24-11-4-2-5-12-24)25-13-6-3-7-14-25/h2-20,36H,21H2,1H3,(H,32,34)(H,33,35)/b31-20-. The summed E-state index contributed by atoms with van der Waals surface area (Å²) >= 11 is 0. The molecule has 0 unspecified atom stereocenters. The molecule has 0 aliphatic carbocycles. The number of benzene rings is 4. The third-order valence-corrected chi connectivity index (χ3v) is 5.76. The molecule has 0 spiro atoms. The molecule has 2 amide bonds. The Morgan fingerprint density at radius 2 is 1.41 bits per heavy atom. The van der Waals surface area contributed by atoms with Crippen LogP contribution in [0.1, 0.15) is 22.3 Å². The number of nitrogens with zero attached hydrogens (tertiary/aromatic N) is 1. The van der Waals surface area contributed by atoms with Crippen LogP contribution in [0, 0.1) is 6.92 Å². The van der Waals surface area contributed by atoms with Crippen LogP contribution < -0.4 is 15.5 Å². The van der Waals surface area contributed by atoms with Crippen molar-refractivity contribution < 1.29 is 19.4 Å². The molecular formula is C30H27N3O4. The topological polar surface area (TPSA) is 100 Å². The summed E-state index contributed by atoms with van der Waals surface area (Å²) in [5.41, 5.74) is 3.82. The van der Waals surface area contributed by atoms with Gasteiger partial charge in [0, 0.05) is 5.69 Å². The number of rotatable bonds is 9. The van der Waals surface area contributed by atoms with Gasteiger partial charge in [-0.15, -0.1) is 0 Å². The van der Waals surface area contributed by atoms with Crippen molar-refractivity contribution in [2.45, 2.75) is 12.5 Å². The maximum absolute atomic E-state index is 13.1. The van der Waals surface area contributed by atoms with Crippen molar-refractivity contribution in [3.63, 3.8) is 0 Å². The third kappa shape index (κ3) is 6.28. The summed E-state index contributed by atoms with van der Waals surface area (Å²) in [6, 6.07) is 31.8. The van der Waals surface area contributed by atoms with E-state index in [2.05, 4.69) is 15.8 Å². The zero-order valence-electron chi connectivity index (χ0n) is 20.3. The smallest absolute Gasteiger partial charge is 0.281 e. The van der Waals surface area contributed by atoms with Crippen molar-refractivity contribution in [2.24, 2.45) is 5.10 Å². The van der Waals surface area contributed by atoms with Gasteiger partial charge in [-0.05, 0) is 59.5 Å². The van der Waals surface area contributed by atoms with Gasteiger partial charge in [0.15, 0.2) is 12.2 Å². The highest BCUT2D eigenvalue weighted by Crippen LogP contribution is 2.29. The first kappa shape index (κ1) is 25.3. The summed E-state index contributed by atoms with van der Waals surface area (Å²) in [4.78, 5) is 25.3. The van der Waals surface area contributed by atoms with E-state index in [0.717, 1.165) is 11.3 Å².